The molecule has 3 amide bonds. The van der Waals surface area contributed by atoms with Gasteiger partial charge in [0, 0.05) is 6.54 Å². The monoisotopic (exact) mass is 375 g/mol. The van der Waals surface area contributed by atoms with Crippen LogP contribution in [0.15, 0.2) is 53.4 Å². The van der Waals surface area contributed by atoms with Crippen LogP contribution in [0, 0.1) is 6.92 Å². The van der Waals surface area contributed by atoms with Crippen LogP contribution in [0.4, 0.5) is 10.5 Å². The Kier molecular flexibility index (Phi) is 6.35. The Morgan fingerprint density at radius 2 is 1.65 bits per heavy atom. The van der Waals surface area contributed by atoms with E-state index in [2.05, 4.69) is 10.6 Å². The van der Waals surface area contributed by atoms with Crippen LogP contribution in [-0.4, -0.2) is 26.9 Å². The summed E-state index contributed by atoms with van der Waals surface area (Å²) in [5, 5.41) is 5.13. The van der Waals surface area contributed by atoms with Crippen molar-refractivity contribution in [3.8, 4) is 0 Å². The first-order chi connectivity index (χ1) is 12.3. The van der Waals surface area contributed by atoms with Crippen molar-refractivity contribution < 1.29 is 18.0 Å². The number of rotatable bonds is 6. The van der Waals surface area contributed by atoms with Crippen molar-refractivity contribution in [1.29, 1.82) is 0 Å². The van der Waals surface area contributed by atoms with E-state index in [4.69, 9.17) is 0 Å². The highest BCUT2D eigenvalue weighted by Crippen LogP contribution is 2.15. The molecule has 0 aliphatic heterocycles. The van der Waals surface area contributed by atoms with E-state index in [0.29, 0.717) is 6.54 Å². The van der Waals surface area contributed by atoms with Gasteiger partial charge in [0.2, 0.25) is 0 Å². The second-order valence-electron chi connectivity index (χ2n) is 5.67. The van der Waals surface area contributed by atoms with Crippen LogP contribution >= 0.6 is 0 Å². The lowest BCUT2D eigenvalue weighted by atomic mass is 10.1. The molecule has 2 aromatic carbocycles. The van der Waals surface area contributed by atoms with Crippen molar-refractivity contribution >= 4 is 27.6 Å². The Balaban J connectivity index is 2.13. The topological polar surface area (TPSA) is 104 Å². The number of para-hydroxylation sites is 1. The van der Waals surface area contributed by atoms with Crippen LogP contribution in [0.2, 0.25) is 0 Å². The summed E-state index contributed by atoms with van der Waals surface area (Å²) < 4.78 is 26.4. The van der Waals surface area contributed by atoms with Gasteiger partial charge in [-0.25, -0.2) is 17.9 Å². The average molecular weight is 375 g/mol. The molecular weight excluding hydrogens is 354 g/mol. The summed E-state index contributed by atoms with van der Waals surface area (Å²) in [5.41, 5.74) is 1.38. The molecule has 0 bridgehead atoms. The second-order valence-corrected chi connectivity index (χ2v) is 7.36. The van der Waals surface area contributed by atoms with Gasteiger partial charge in [0.15, 0.2) is 0 Å². The smallest absolute Gasteiger partial charge is 0.333 e. The number of amides is 3. The van der Waals surface area contributed by atoms with Gasteiger partial charge in [0.25, 0.3) is 15.9 Å². The van der Waals surface area contributed by atoms with Crippen molar-refractivity contribution in [3.63, 3.8) is 0 Å². The molecule has 0 saturated carbocycles. The van der Waals surface area contributed by atoms with Crippen molar-refractivity contribution in [2.75, 3.05) is 11.9 Å². The number of nitrogens with one attached hydrogen (secondary N) is 3. The lowest BCUT2D eigenvalue weighted by Gasteiger charge is -2.12. The van der Waals surface area contributed by atoms with Gasteiger partial charge >= 0.3 is 6.03 Å². The van der Waals surface area contributed by atoms with Crippen LogP contribution in [0.3, 0.4) is 0 Å². The summed E-state index contributed by atoms with van der Waals surface area (Å²) in [6.07, 6.45) is 0.774. The lowest BCUT2D eigenvalue weighted by Crippen LogP contribution is -2.35. The van der Waals surface area contributed by atoms with Crippen LogP contribution in [0.1, 0.15) is 29.3 Å². The van der Waals surface area contributed by atoms with Gasteiger partial charge in [-0.2, -0.15) is 0 Å². The third kappa shape index (κ3) is 5.06. The highest BCUT2D eigenvalue weighted by molar-refractivity contribution is 7.90. The molecule has 0 aliphatic rings. The molecule has 0 unspecified atom stereocenters. The van der Waals surface area contributed by atoms with E-state index in [9.17, 15) is 18.0 Å². The molecule has 0 saturated heterocycles. The molecular formula is C18H21N3O4S. The molecule has 0 fully saturated rings. The van der Waals surface area contributed by atoms with Gasteiger partial charge in [-0.3, -0.25) is 4.79 Å². The Bertz CT molecular complexity index is 893. The molecule has 0 spiro atoms. The highest BCUT2D eigenvalue weighted by Gasteiger charge is 2.19. The van der Waals surface area contributed by atoms with E-state index in [1.165, 1.54) is 18.2 Å². The van der Waals surface area contributed by atoms with E-state index in [1.54, 1.807) is 30.3 Å². The molecule has 2 aromatic rings. The number of hydrogen-bond donors (Lipinski definition) is 3. The zero-order valence-electron chi connectivity index (χ0n) is 14.6. The fraction of sp³-hybridized carbons (Fsp3) is 0.222. The molecule has 0 radical (unpaired) electrons. The normalized spacial score (nSPS) is 10.8. The third-order valence-corrected chi connectivity index (χ3v) is 4.86. The summed E-state index contributed by atoms with van der Waals surface area (Å²) in [5.74, 6) is -0.343. The maximum absolute atomic E-state index is 12.3. The minimum atomic E-state index is -4.01. The van der Waals surface area contributed by atoms with E-state index >= 15 is 0 Å². The molecule has 8 heteroatoms. The highest BCUT2D eigenvalue weighted by atomic mass is 32.2. The summed E-state index contributed by atoms with van der Waals surface area (Å²) in [6.45, 7) is 4.26. The molecule has 0 atom stereocenters. The van der Waals surface area contributed by atoms with Crippen molar-refractivity contribution in [2.24, 2.45) is 0 Å². The maximum Gasteiger partial charge on any atom is 0.333 e. The first-order valence-corrected chi connectivity index (χ1v) is 9.59. The van der Waals surface area contributed by atoms with Gasteiger partial charge in [-0.15, -0.1) is 0 Å². The van der Waals surface area contributed by atoms with Crippen LogP contribution in [0.25, 0.3) is 0 Å². The van der Waals surface area contributed by atoms with Crippen LogP contribution in [-0.2, 0) is 10.0 Å². The summed E-state index contributed by atoms with van der Waals surface area (Å²) in [6, 6.07) is 11.5. The predicted octanol–water partition coefficient (Wildman–Crippen LogP) is 2.65. The number of urea groups is 1. The second kappa shape index (κ2) is 8.48. The van der Waals surface area contributed by atoms with Crippen LogP contribution in [0.5, 0.6) is 0 Å². The largest absolute Gasteiger partial charge is 0.352 e. The predicted molar refractivity (Wildman–Crippen MR) is 99.6 cm³/mol. The minimum Gasteiger partial charge on any atom is -0.352 e. The molecule has 2 rings (SSSR count). The molecule has 26 heavy (non-hydrogen) atoms. The molecule has 138 valence electrons. The Hall–Kier alpha value is -2.87. The number of sulfonamides is 1. The summed E-state index contributed by atoms with van der Waals surface area (Å²) in [4.78, 5) is 24.2. The lowest BCUT2D eigenvalue weighted by molar-refractivity contribution is 0.0954. The van der Waals surface area contributed by atoms with E-state index in [1.807, 2.05) is 18.6 Å². The van der Waals surface area contributed by atoms with Crippen LogP contribution < -0.4 is 15.4 Å². The van der Waals surface area contributed by atoms with E-state index in [-0.39, 0.29) is 22.1 Å². The fourth-order valence-electron chi connectivity index (χ4n) is 2.17. The average Bonchev–Trinajstić information content (AvgIpc) is 2.60. The van der Waals surface area contributed by atoms with Crippen molar-refractivity contribution in [3.05, 3.63) is 59.7 Å². The summed E-state index contributed by atoms with van der Waals surface area (Å²) >= 11 is 0. The Morgan fingerprint density at radius 1 is 1.00 bits per heavy atom. The van der Waals surface area contributed by atoms with E-state index < -0.39 is 16.1 Å². The first kappa shape index (κ1) is 19.5. The molecule has 0 aromatic heterocycles. The van der Waals surface area contributed by atoms with Gasteiger partial charge in [-0.05, 0) is 37.6 Å². The summed E-state index contributed by atoms with van der Waals surface area (Å²) in [7, 11) is -4.01. The zero-order valence-corrected chi connectivity index (χ0v) is 15.4. The fourth-order valence-corrected chi connectivity index (χ4v) is 3.08. The molecule has 0 aliphatic carbocycles. The van der Waals surface area contributed by atoms with Crippen molar-refractivity contribution in [2.45, 2.75) is 25.2 Å². The molecule has 3 N–H and O–H groups in total. The molecule has 7 nitrogen and oxygen atoms in total. The Morgan fingerprint density at radius 3 is 2.31 bits per heavy atom. The number of hydrogen-bond acceptors (Lipinski definition) is 4. The zero-order chi connectivity index (χ0) is 19.2. The van der Waals surface area contributed by atoms with E-state index in [0.717, 1.165) is 12.0 Å². The standard InChI is InChI=1S/C18H21N3O4S/c1-3-12-19-17(22)15-6-4-5-7-16(15)20-18(23)21-26(24,25)14-10-8-13(2)9-11-14/h4-11H,3,12H2,1-2H3,(H,19,22)(H2,20,21,23). The van der Waals surface area contributed by atoms with Gasteiger partial charge in [0.05, 0.1) is 16.1 Å². The van der Waals surface area contributed by atoms with Gasteiger partial charge in [0.1, 0.15) is 0 Å². The maximum atomic E-state index is 12.3. The third-order valence-electron chi connectivity index (χ3n) is 3.51. The quantitative estimate of drug-likeness (QED) is 0.722. The minimum absolute atomic E-state index is 0.0211. The van der Waals surface area contributed by atoms with Crippen molar-refractivity contribution in [1.82, 2.24) is 10.0 Å². The Labute approximate surface area is 152 Å². The number of carbonyl (C=O) groups excluding carboxylic acids is 2. The number of carbonyl (C=O) groups is 2. The molecule has 0 heterocycles. The number of anilines is 1. The first-order valence-electron chi connectivity index (χ1n) is 8.11. The number of benzene rings is 2. The number of aryl methyl sites for hydroxylation is 1. The SMILES string of the molecule is CCCNC(=O)c1ccccc1NC(=O)NS(=O)(=O)c1ccc(C)cc1. The van der Waals surface area contributed by atoms with Gasteiger partial charge < -0.3 is 10.6 Å². The van der Waals surface area contributed by atoms with Gasteiger partial charge in [-0.1, -0.05) is 36.8 Å².